The van der Waals surface area contributed by atoms with Crippen molar-refractivity contribution >= 4 is 75.9 Å². The van der Waals surface area contributed by atoms with E-state index in [1.54, 1.807) is 0 Å². The van der Waals surface area contributed by atoms with Gasteiger partial charge in [-0.25, -0.2) is 4.98 Å². The fourth-order valence-electron chi connectivity index (χ4n) is 9.14. The van der Waals surface area contributed by atoms with Crippen LogP contribution in [0, 0.1) is 0 Å². The van der Waals surface area contributed by atoms with Crippen LogP contribution >= 0.6 is 0 Å². The third kappa shape index (κ3) is 4.55. The lowest BCUT2D eigenvalue weighted by molar-refractivity contribution is 1.11. The molecule has 0 atom stereocenters. The van der Waals surface area contributed by atoms with Crippen molar-refractivity contribution in [3.05, 3.63) is 200 Å². The van der Waals surface area contributed by atoms with Gasteiger partial charge in [0, 0.05) is 33.1 Å². The Morgan fingerprint density at radius 2 is 0.857 bits per heavy atom. The molecule has 0 aliphatic carbocycles. The minimum absolute atomic E-state index is 0.937. The molecule has 0 saturated heterocycles. The third-order valence-electron chi connectivity index (χ3n) is 11.6. The highest BCUT2D eigenvalue weighted by Crippen LogP contribution is 2.42. The molecule has 0 aliphatic heterocycles. The normalized spacial score (nSPS) is 11.9. The van der Waals surface area contributed by atoms with Crippen LogP contribution in [-0.4, -0.2) is 14.1 Å². The van der Waals surface area contributed by atoms with Gasteiger partial charge in [0.2, 0.25) is 0 Å². The molecule has 0 aliphatic rings. The van der Waals surface area contributed by atoms with Gasteiger partial charge in [-0.15, -0.1) is 0 Å². The molecule has 3 heteroatoms. The van der Waals surface area contributed by atoms with E-state index < -0.39 is 0 Å². The van der Waals surface area contributed by atoms with Crippen LogP contribution in [0.3, 0.4) is 0 Å². The Balaban J connectivity index is 1.11. The van der Waals surface area contributed by atoms with Gasteiger partial charge in [-0.1, -0.05) is 152 Å². The number of hydrogen-bond acceptors (Lipinski definition) is 1. The van der Waals surface area contributed by atoms with Gasteiger partial charge >= 0.3 is 0 Å². The summed E-state index contributed by atoms with van der Waals surface area (Å²) in [5.74, 6) is 0.937. The molecule has 10 aromatic carbocycles. The number of hydrogen-bond donors (Lipinski definition) is 0. The van der Waals surface area contributed by atoms with Crippen molar-refractivity contribution < 1.29 is 0 Å². The van der Waals surface area contributed by atoms with Gasteiger partial charge in [-0.05, 0) is 97.4 Å². The lowest BCUT2D eigenvalue weighted by Gasteiger charge is -2.14. The fourth-order valence-corrected chi connectivity index (χ4v) is 9.14. The number of imidazole rings is 1. The first kappa shape index (κ1) is 30.9. The Hall–Kier alpha value is -7.49. The summed E-state index contributed by atoms with van der Waals surface area (Å²) >= 11 is 0. The predicted octanol–water partition coefficient (Wildman–Crippen LogP) is 14.1. The second-order valence-corrected chi connectivity index (χ2v) is 14.8. The van der Waals surface area contributed by atoms with Crippen molar-refractivity contribution in [2.45, 2.75) is 0 Å². The molecule has 12 aromatic rings. The highest BCUT2D eigenvalue weighted by molar-refractivity contribution is 6.28. The lowest BCUT2D eigenvalue weighted by Crippen LogP contribution is -1.98. The molecule has 0 radical (unpaired) electrons. The van der Waals surface area contributed by atoms with E-state index in [0.29, 0.717) is 0 Å². The molecule has 0 fully saturated rings. The van der Waals surface area contributed by atoms with E-state index in [0.717, 1.165) is 33.8 Å². The Labute approximate surface area is 322 Å². The van der Waals surface area contributed by atoms with Crippen LogP contribution in [0.15, 0.2) is 200 Å². The first-order chi connectivity index (χ1) is 27.8. The van der Waals surface area contributed by atoms with Crippen molar-refractivity contribution in [3.63, 3.8) is 0 Å². The molecule has 0 spiro atoms. The first-order valence-corrected chi connectivity index (χ1v) is 19.2. The molecule has 3 nitrogen and oxygen atoms in total. The van der Waals surface area contributed by atoms with Gasteiger partial charge in [-0.2, -0.15) is 0 Å². The minimum Gasteiger partial charge on any atom is -0.309 e. The third-order valence-corrected chi connectivity index (χ3v) is 11.6. The molecule has 0 saturated carbocycles. The summed E-state index contributed by atoms with van der Waals surface area (Å²) in [5, 5.41) is 12.5. The molecular formula is C53H33N3. The van der Waals surface area contributed by atoms with Crippen LogP contribution in [0.25, 0.3) is 110 Å². The molecule has 0 unspecified atom stereocenters. The van der Waals surface area contributed by atoms with Gasteiger partial charge in [0.1, 0.15) is 5.82 Å². The Kier molecular flexibility index (Phi) is 6.63. The standard InChI is InChI=1S/C53H33N3/c1-3-14-38(15-4-1)53-54-46-29-26-37-24-22-36-23-25-40(33-45(36)49(37)52(46)56(53)41-17-5-2-6-18-41)39-16-11-19-42(32-39)55-47-30-27-34-12-7-9-20-43(34)50(47)51-44-21-10-8-13-35(44)28-31-48(51)55/h1-33H. The monoisotopic (exact) mass is 711 g/mol. The zero-order valence-electron chi connectivity index (χ0n) is 30.4. The van der Waals surface area contributed by atoms with E-state index in [2.05, 4.69) is 209 Å². The van der Waals surface area contributed by atoms with Crippen LogP contribution in [0.2, 0.25) is 0 Å². The van der Waals surface area contributed by atoms with E-state index >= 15 is 0 Å². The predicted molar refractivity (Wildman–Crippen MR) is 236 cm³/mol. The maximum Gasteiger partial charge on any atom is 0.145 e. The number of fused-ring (bicyclic) bond motifs is 12. The van der Waals surface area contributed by atoms with Crippen LogP contribution < -0.4 is 0 Å². The minimum atomic E-state index is 0.937. The average molecular weight is 712 g/mol. The number of para-hydroxylation sites is 1. The number of aromatic nitrogens is 3. The lowest BCUT2D eigenvalue weighted by atomic mass is 9.96. The van der Waals surface area contributed by atoms with E-state index in [-0.39, 0.29) is 0 Å². The quantitative estimate of drug-likeness (QED) is 0.167. The van der Waals surface area contributed by atoms with Crippen LogP contribution in [0.1, 0.15) is 0 Å². The van der Waals surface area contributed by atoms with Gasteiger partial charge in [0.05, 0.1) is 22.1 Å². The topological polar surface area (TPSA) is 22.8 Å². The summed E-state index contributed by atoms with van der Waals surface area (Å²) in [4.78, 5) is 5.28. The molecule has 12 rings (SSSR count). The molecule has 0 bridgehead atoms. The van der Waals surface area contributed by atoms with Crippen molar-refractivity contribution in [2.75, 3.05) is 0 Å². The largest absolute Gasteiger partial charge is 0.309 e. The van der Waals surface area contributed by atoms with Crippen molar-refractivity contribution in [3.8, 4) is 33.9 Å². The first-order valence-electron chi connectivity index (χ1n) is 19.2. The molecular weight excluding hydrogens is 679 g/mol. The summed E-state index contributed by atoms with van der Waals surface area (Å²) in [7, 11) is 0. The second-order valence-electron chi connectivity index (χ2n) is 14.8. The van der Waals surface area contributed by atoms with Gasteiger partial charge in [0.25, 0.3) is 0 Å². The molecule has 260 valence electrons. The zero-order valence-corrected chi connectivity index (χ0v) is 30.4. The van der Waals surface area contributed by atoms with Crippen LogP contribution in [0.4, 0.5) is 0 Å². The highest BCUT2D eigenvalue weighted by Gasteiger charge is 2.20. The maximum atomic E-state index is 5.28. The van der Waals surface area contributed by atoms with Gasteiger partial charge in [-0.3, -0.25) is 4.57 Å². The van der Waals surface area contributed by atoms with E-state index in [1.807, 2.05) is 0 Å². The Morgan fingerprint density at radius 3 is 1.59 bits per heavy atom. The second kappa shape index (κ2) is 12.0. The summed E-state index contributed by atoms with van der Waals surface area (Å²) in [6, 6.07) is 72.7. The number of rotatable bonds is 4. The van der Waals surface area contributed by atoms with E-state index in [4.69, 9.17) is 4.98 Å². The number of nitrogens with zero attached hydrogens (tertiary/aromatic N) is 3. The smallest absolute Gasteiger partial charge is 0.145 e. The average Bonchev–Trinajstić information content (AvgIpc) is 3.84. The van der Waals surface area contributed by atoms with Crippen LogP contribution in [0.5, 0.6) is 0 Å². The Morgan fingerprint density at radius 1 is 0.321 bits per heavy atom. The van der Waals surface area contributed by atoms with Crippen molar-refractivity contribution in [1.29, 1.82) is 0 Å². The molecule has 0 amide bonds. The highest BCUT2D eigenvalue weighted by atomic mass is 15.1. The summed E-state index contributed by atoms with van der Waals surface area (Å²) in [5.41, 5.74) is 10.2. The van der Waals surface area contributed by atoms with E-state index in [1.165, 1.54) is 76.0 Å². The molecule has 2 aromatic heterocycles. The maximum absolute atomic E-state index is 5.28. The zero-order chi connectivity index (χ0) is 36.7. The molecule has 0 N–H and O–H groups in total. The SMILES string of the molecule is c1ccc(-c2nc3ccc4ccc5ccc(-c6cccc(-n7c8ccc9ccccc9c8c8c9ccccc9ccc87)c6)cc5c4c3n2-c2ccccc2)cc1. The Bertz CT molecular complexity index is 3430. The van der Waals surface area contributed by atoms with Gasteiger partial charge < -0.3 is 4.57 Å². The molecule has 56 heavy (non-hydrogen) atoms. The number of benzene rings is 10. The summed E-state index contributed by atoms with van der Waals surface area (Å²) in [6.07, 6.45) is 0. The fraction of sp³-hybridized carbons (Fsp3) is 0. The van der Waals surface area contributed by atoms with Crippen molar-refractivity contribution in [2.24, 2.45) is 0 Å². The molecule has 2 heterocycles. The summed E-state index contributed by atoms with van der Waals surface area (Å²) in [6.45, 7) is 0. The van der Waals surface area contributed by atoms with Crippen molar-refractivity contribution in [1.82, 2.24) is 14.1 Å². The van der Waals surface area contributed by atoms with Gasteiger partial charge in [0.15, 0.2) is 0 Å². The van der Waals surface area contributed by atoms with Crippen LogP contribution in [-0.2, 0) is 0 Å². The van der Waals surface area contributed by atoms with E-state index in [9.17, 15) is 0 Å². The summed E-state index contributed by atoms with van der Waals surface area (Å²) < 4.78 is 4.80.